The third kappa shape index (κ3) is 3.25. The van der Waals surface area contributed by atoms with Gasteiger partial charge in [0.05, 0.1) is 5.02 Å². The van der Waals surface area contributed by atoms with Crippen LogP contribution in [-0.2, 0) is 0 Å². The number of hydrogen-bond acceptors (Lipinski definition) is 3. The van der Waals surface area contributed by atoms with Crippen molar-refractivity contribution in [2.24, 2.45) is 5.73 Å². The average Bonchev–Trinajstić information content (AvgIpc) is 2.39. The Morgan fingerprint density at radius 2 is 2.00 bits per heavy atom. The molecule has 0 aliphatic carbocycles. The molecule has 0 amide bonds. The van der Waals surface area contributed by atoms with Gasteiger partial charge < -0.3 is 5.73 Å². The van der Waals surface area contributed by atoms with Crippen molar-refractivity contribution in [1.82, 2.24) is 4.98 Å². The minimum atomic E-state index is 0.179. The second-order valence-electron chi connectivity index (χ2n) is 4.04. The monoisotopic (exact) mass is 278 g/mol. The number of hydrogen-bond donors (Lipinski definition) is 1. The number of aromatic nitrogens is 1. The molecule has 0 fully saturated rings. The molecule has 1 aromatic carbocycles. The summed E-state index contributed by atoms with van der Waals surface area (Å²) in [5.74, 6) is 0. The Hall–Kier alpha value is -1.03. The summed E-state index contributed by atoms with van der Waals surface area (Å²) in [7, 11) is 0. The molecule has 18 heavy (non-hydrogen) atoms. The van der Waals surface area contributed by atoms with Gasteiger partial charge in [-0.3, -0.25) is 0 Å². The first-order valence-electron chi connectivity index (χ1n) is 5.74. The van der Waals surface area contributed by atoms with Gasteiger partial charge in [0.25, 0.3) is 0 Å². The van der Waals surface area contributed by atoms with E-state index in [1.54, 1.807) is 18.0 Å². The molecular formula is C14H15ClN2S. The van der Waals surface area contributed by atoms with Crippen LogP contribution in [0.3, 0.4) is 0 Å². The Morgan fingerprint density at radius 3 is 2.61 bits per heavy atom. The van der Waals surface area contributed by atoms with Crippen LogP contribution < -0.4 is 5.73 Å². The zero-order valence-corrected chi connectivity index (χ0v) is 11.7. The van der Waals surface area contributed by atoms with Gasteiger partial charge in [-0.05, 0) is 24.6 Å². The summed E-state index contributed by atoms with van der Waals surface area (Å²) < 4.78 is 0. The lowest BCUT2D eigenvalue weighted by Gasteiger charge is -2.15. The van der Waals surface area contributed by atoms with Crippen molar-refractivity contribution in [3.8, 4) is 0 Å². The number of halogens is 1. The molecule has 94 valence electrons. The Kier molecular flexibility index (Phi) is 4.64. The first kappa shape index (κ1) is 13.4. The van der Waals surface area contributed by atoms with E-state index in [-0.39, 0.29) is 5.25 Å². The molecule has 1 aromatic heterocycles. The summed E-state index contributed by atoms with van der Waals surface area (Å²) in [5.41, 5.74) is 8.30. The van der Waals surface area contributed by atoms with E-state index < -0.39 is 0 Å². The van der Waals surface area contributed by atoms with Gasteiger partial charge in [0.1, 0.15) is 5.03 Å². The van der Waals surface area contributed by atoms with Crippen molar-refractivity contribution in [3.63, 3.8) is 0 Å². The molecular weight excluding hydrogens is 264 g/mol. The summed E-state index contributed by atoms with van der Waals surface area (Å²) in [4.78, 5) is 4.28. The van der Waals surface area contributed by atoms with Crippen LogP contribution in [0, 0.1) is 6.92 Å². The zero-order valence-electron chi connectivity index (χ0n) is 10.1. The van der Waals surface area contributed by atoms with E-state index in [9.17, 15) is 0 Å². The topological polar surface area (TPSA) is 38.9 Å². The number of thioether (sulfide) groups is 1. The Bertz CT molecular complexity index is 513. The van der Waals surface area contributed by atoms with E-state index in [4.69, 9.17) is 17.3 Å². The second-order valence-corrected chi connectivity index (χ2v) is 5.64. The highest BCUT2D eigenvalue weighted by Crippen LogP contribution is 2.36. The number of benzene rings is 1. The van der Waals surface area contributed by atoms with Crippen LogP contribution in [0.1, 0.15) is 16.4 Å². The number of aryl methyl sites for hydroxylation is 1. The number of pyridine rings is 1. The molecule has 0 bridgehead atoms. The molecule has 1 unspecified atom stereocenters. The highest BCUT2D eigenvalue weighted by atomic mass is 35.5. The maximum absolute atomic E-state index is 6.11. The van der Waals surface area contributed by atoms with Crippen LogP contribution >= 0.6 is 23.4 Å². The highest BCUT2D eigenvalue weighted by Gasteiger charge is 2.13. The molecule has 4 heteroatoms. The van der Waals surface area contributed by atoms with Crippen LogP contribution in [-0.4, -0.2) is 11.5 Å². The molecule has 0 saturated carbocycles. The van der Waals surface area contributed by atoms with Crippen molar-refractivity contribution < 1.29 is 0 Å². The van der Waals surface area contributed by atoms with E-state index in [0.29, 0.717) is 11.6 Å². The van der Waals surface area contributed by atoms with Crippen molar-refractivity contribution in [2.75, 3.05) is 6.54 Å². The van der Waals surface area contributed by atoms with E-state index in [1.165, 1.54) is 11.1 Å². The lowest BCUT2D eigenvalue weighted by molar-refractivity contribution is 0.934. The molecule has 1 atom stereocenters. The van der Waals surface area contributed by atoms with E-state index in [2.05, 4.69) is 36.2 Å². The predicted molar refractivity (Wildman–Crippen MR) is 78.1 cm³/mol. The summed E-state index contributed by atoms with van der Waals surface area (Å²) in [6.07, 6.45) is 1.75. The van der Waals surface area contributed by atoms with Crippen LogP contribution in [0.2, 0.25) is 5.02 Å². The van der Waals surface area contributed by atoms with Crippen molar-refractivity contribution in [3.05, 3.63) is 58.7 Å². The summed E-state index contributed by atoms with van der Waals surface area (Å²) in [5, 5.41) is 1.68. The van der Waals surface area contributed by atoms with Gasteiger partial charge in [0, 0.05) is 18.0 Å². The molecule has 0 aliphatic heterocycles. The summed E-state index contributed by atoms with van der Waals surface area (Å²) >= 11 is 7.72. The number of nitrogens with two attached hydrogens (primary N) is 1. The highest BCUT2D eigenvalue weighted by molar-refractivity contribution is 7.99. The molecule has 2 nitrogen and oxygen atoms in total. The standard InChI is InChI=1S/C14H15ClN2S/c1-10-4-6-11(7-5-10)13(9-16)18-14-12(15)3-2-8-17-14/h2-8,13H,9,16H2,1H3. The molecule has 1 heterocycles. The SMILES string of the molecule is Cc1ccc(C(CN)Sc2ncccc2Cl)cc1. The Morgan fingerprint density at radius 1 is 1.28 bits per heavy atom. The van der Waals surface area contributed by atoms with E-state index in [1.807, 2.05) is 12.1 Å². The number of rotatable bonds is 4. The van der Waals surface area contributed by atoms with Crippen LogP contribution in [0.15, 0.2) is 47.6 Å². The van der Waals surface area contributed by atoms with Gasteiger partial charge in [0.2, 0.25) is 0 Å². The summed E-state index contributed by atoms with van der Waals surface area (Å²) in [6, 6.07) is 12.1. The fourth-order valence-corrected chi connectivity index (χ4v) is 2.84. The minimum absolute atomic E-state index is 0.179. The minimum Gasteiger partial charge on any atom is -0.329 e. The van der Waals surface area contributed by atoms with Crippen LogP contribution in [0.4, 0.5) is 0 Å². The summed E-state index contributed by atoms with van der Waals surface area (Å²) in [6.45, 7) is 2.63. The first-order chi connectivity index (χ1) is 8.70. The molecule has 0 saturated heterocycles. The van der Waals surface area contributed by atoms with Crippen LogP contribution in [0.5, 0.6) is 0 Å². The fourth-order valence-electron chi connectivity index (χ4n) is 1.63. The quantitative estimate of drug-likeness (QED) is 0.864. The molecule has 0 spiro atoms. The van der Waals surface area contributed by atoms with Crippen molar-refractivity contribution in [1.29, 1.82) is 0 Å². The van der Waals surface area contributed by atoms with Gasteiger partial charge in [-0.2, -0.15) is 0 Å². The molecule has 2 N–H and O–H groups in total. The maximum Gasteiger partial charge on any atom is 0.115 e. The Balaban J connectivity index is 2.20. The van der Waals surface area contributed by atoms with E-state index >= 15 is 0 Å². The average molecular weight is 279 g/mol. The van der Waals surface area contributed by atoms with Gasteiger partial charge >= 0.3 is 0 Å². The lowest BCUT2D eigenvalue weighted by Crippen LogP contribution is -2.09. The molecule has 0 radical (unpaired) electrons. The maximum atomic E-state index is 6.11. The fraction of sp³-hybridized carbons (Fsp3) is 0.214. The number of nitrogens with zero attached hydrogens (tertiary/aromatic N) is 1. The van der Waals surface area contributed by atoms with Gasteiger partial charge in [0.15, 0.2) is 0 Å². The normalized spacial score (nSPS) is 12.4. The zero-order chi connectivity index (χ0) is 13.0. The molecule has 0 aliphatic rings. The van der Waals surface area contributed by atoms with E-state index in [0.717, 1.165) is 5.03 Å². The predicted octanol–water partition coefficient (Wildman–Crippen LogP) is 3.84. The first-order valence-corrected chi connectivity index (χ1v) is 7.00. The third-order valence-corrected chi connectivity index (χ3v) is 4.36. The van der Waals surface area contributed by atoms with Crippen molar-refractivity contribution >= 4 is 23.4 Å². The van der Waals surface area contributed by atoms with Crippen molar-refractivity contribution in [2.45, 2.75) is 17.2 Å². The third-order valence-electron chi connectivity index (χ3n) is 2.64. The largest absolute Gasteiger partial charge is 0.329 e. The molecule has 2 rings (SSSR count). The van der Waals surface area contributed by atoms with Crippen LogP contribution in [0.25, 0.3) is 0 Å². The van der Waals surface area contributed by atoms with Gasteiger partial charge in [-0.1, -0.05) is 53.2 Å². The van der Waals surface area contributed by atoms with Gasteiger partial charge in [-0.25, -0.2) is 4.98 Å². The second kappa shape index (κ2) is 6.23. The Labute approximate surface area is 117 Å². The molecule has 2 aromatic rings. The smallest absolute Gasteiger partial charge is 0.115 e. The lowest BCUT2D eigenvalue weighted by atomic mass is 10.1. The van der Waals surface area contributed by atoms with Gasteiger partial charge in [-0.15, -0.1) is 0 Å².